The van der Waals surface area contributed by atoms with E-state index in [0.717, 1.165) is 25.0 Å². The van der Waals surface area contributed by atoms with Crippen LogP contribution in [0.4, 0.5) is 9.59 Å². The van der Waals surface area contributed by atoms with Gasteiger partial charge in [-0.2, -0.15) is 0 Å². The fourth-order valence-electron chi connectivity index (χ4n) is 5.04. The van der Waals surface area contributed by atoms with Crippen LogP contribution in [0, 0.1) is 20.2 Å². The zero-order valence-electron chi connectivity index (χ0n) is 33.2. The second kappa shape index (κ2) is 26.9. The molecule has 0 fully saturated rings. The van der Waals surface area contributed by atoms with Gasteiger partial charge in [0, 0.05) is 65.8 Å². The van der Waals surface area contributed by atoms with Gasteiger partial charge in [-0.05, 0) is 64.5 Å². The molecule has 2 aromatic heterocycles. The molecule has 18 heteroatoms. The number of aromatic nitrogens is 2. The Morgan fingerprint density at radius 2 is 1.19 bits per heavy atom. The molecule has 2 heterocycles. The fourth-order valence-corrected chi connectivity index (χ4v) is 5.04. The number of likely N-dealkylation sites (N-methyl/N-ethyl adjacent to an activating group) is 1. The molecular weight excluding hydrogens is 704 g/mol. The first-order valence-corrected chi connectivity index (χ1v) is 18.3. The first-order chi connectivity index (χ1) is 25.7. The molecule has 2 unspecified atom stereocenters. The summed E-state index contributed by atoms with van der Waals surface area (Å²) in [6, 6.07) is 7.07. The van der Waals surface area contributed by atoms with Crippen molar-refractivity contribution in [3.8, 4) is 11.5 Å². The molecule has 2 aromatic rings. The molecule has 0 aliphatic rings. The van der Waals surface area contributed by atoms with Gasteiger partial charge in [0.05, 0.1) is 18.0 Å². The number of hydrogen-bond acceptors (Lipinski definition) is 14. The molecule has 0 N–H and O–H groups in total. The molecule has 0 saturated carbocycles. The molecular formula is C36H60N8O10. The largest absolute Gasteiger partial charge is 0.414 e. The summed E-state index contributed by atoms with van der Waals surface area (Å²) < 4.78 is 10.7. The summed E-state index contributed by atoms with van der Waals surface area (Å²) in [4.78, 5) is 68.7. The number of hydrogen-bond donors (Lipinski definition) is 0. The molecule has 0 radical (unpaired) electrons. The average molecular weight is 765 g/mol. The van der Waals surface area contributed by atoms with Gasteiger partial charge >= 0.3 is 12.2 Å². The van der Waals surface area contributed by atoms with Crippen molar-refractivity contribution >= 4 is 12.2 Å². The smallest absolute Gasteiger partial charge is 0.408 e. The molecule has 0 spiro atoms. The summed E-state index contributed by atoms with van der Waals surface area (Å²) in [5.41, 5.74) is 1.31. The minimum atomic E-state index is -0.833. The molecule has 2 rings (SSSR count). The first kappa shape index (κ1) is 47.2. The van der Waals surface area contributed by atoms with Crippen LogP contribution in [0.1, 0.15) is 89.4 Å². The van der Waals surface area contributed by atoms with E-state index in [9.17, 15) is 29.8 Å². The van der Waals surface area contributed by atoms with Crippen LogP contribution in [0.25, 0.3) is 0 Å². The Hall–Kier alpha value is -4.84. The van der Waals surface area contributed by atoms with Crippen molar-refractivity contribution in [2.75, 3.05) is 55.5 Å². The van der Waals surface area contributed by atoms with E-state index in [-0.39, 0.29) is 25.3 Å². The SMILES string of the molecule is CCCCCCC(C)N(C)Cc1ncccc1OC(=O)N(C)C.CN(C)C(=O)Oc1cccnc1CN(C)C(CCCCCCO[N+](=O)[O-])CO[N+](=O)[O-]. The van der Waals surface area contributed by atoms with Crippen LogP contribution in [0.15, 0.2) is 36.7 Å². The van der Waals surface area contributed by atoms with Crippen molar-refractivity contribution in [1.82, 2.24) is 29.6 Å². The number of carbonyl (C=O) groups is 2. The van der Waals surface area contributed by atoms with Crippen molar-refractivity contribution in [2.45, 2.75) is 103 Å². The van der Waals surface area contributed by atoms with Crippen LogP contribution in [-0.4, -0.2) is 120 Å². The zero-order valence-corrected chi connectivity index (χ0v) is 33.2. The molecule has 54 heavy (non-hydrogen) atoms. The first-order valence-electron chi connectivity index (χ1n) is 18.3. The normalized spacial score (nSPS) is 11.9. The Balaban J connectivity index is 0.000000564. The maximum atomic E-state index is 11.9. The number of ether oxygens (including phenoxy) is 2. The molecule has 0 bridgehead atoms. The number of nitrogens with zero attached hydrogens (tertiary/aromatic N) is 8. The molecule has 0 aromatic carbocycles. The fraction of sp³-hybridized carbons (Fsp3) is 0.667. The van der Waals surface area contributed by atoms with Gasteiger partial charge < -0.3 is 28.9 Å². The van der Waals surface area contributed by atoms with E-state index in [1.54, 1.807) is 71.9 Å². The number of rotatable bonds is 24. The van der Waals surface area contributed by atoms with Crippen molar-refractivity contribution in [2.24, 2.45) is 0 Å². The number of pyridine rings is 2. The van der Waals surface area contributed by atoms with Gasteiger partial charge in [-0.15, -0.1) is 20.2 Å². The van der Waals surface area contributed by atoms with Gasteiger partial charge in [-0.25, -0.2) is 9.59 Å². The van der Waals surface area contributed by atoms with Crippen molar-refractivity contribution in [3.05, 3.63) is 68.3 Å². The van der Waals surface area contributed by atoms with Crippen LogP contribution >= 0.6 is 0 Å². The summed E-state index contributed by atoms with van der Waals surface area (Å²) in [6.07, 6.45) is 12.1. The zero-order chi connectivity index (χ0) is 40.5. The molecule has 2 amide bonds. The lowest BCUT2D eigenvalue weighted by Gasteiger charge is -2.27. The Kier molecular flexibility index (Phi) is 23.5. The van der Waals surface area contributed by atoms with Crippen LogP contribution < -0.4 is 9.47 Å². The van der Waals surface area contributed by atoms with Crippen molar-refractivity contribution in [3.63, 3.8) is 0 Å². The van der Waals surface area contributed by atoms with Crippen LogP contribution in [0.5, 0.6) is 11.5 Å². The molecule has 304 valence electrons. The molecule has 0 saturated heterocycles. The quantitative estimate of drug-likeness (QED) is 0.0661. The predicted molar refractivity (Wildman–Crippen MR) is 202 cm³/mol. The number of carbonyl (C=O) groups excluding carboxylic acids is 2. The highest BCUT2D eigenvalue weighted by Gasteiger charge is 2.20. The third kappa shape index (κ3) is 20.4. The predicted octanol–water partition coefficient (Wildman–Crippen LogP) is 6.24. The highest BCUT2D eigenvalue weighted by atomic mass is 17.0. The van der Waals surface area contributed by atoms with Gasteiger partial charge in [0.25, 0.3) is 10.2 Å². The van der Waals surface area contributed by atoms with Gasteiger partial charge in [0.15, 0.2) is 11.5 Å². The minimum Gasteiger partial charge on any atom is -0.408 e. The maximum absolute atomic E-state index is 11.9. The Labute approximate surface area is 318 Å². The van der Waals surface area contributed by atoms with Crippen molar-refractivity contribution < 1.29 is 38.9 Å². The second-order valence-corrected chi connectivity index (χ2v) is 13.4. The average Bonchev–Trinajstić information content (AvgIpc) is 3.12. The minimum absolute atomic E-state index is 0.0505. The van der Waals surface area contributed by atoms with Gasteiger partial charge in [0.1, 0.15) is 6.61 Å². The third-order valence-electron chi connectivity index (χ3n) is 8.47. The van der Waals surface area contributed by atoms with E-state index in [2.05, 4.69) is 45.4 Å². The third-order valence-corrected chi connectivity index (χ3v) is 8.47. The lowest BCUT2D eigenvalue weighted by molar-refractivity contribution is -0.758. The molecule has 0 aliphatic heterocycles. The second-order valence-electron chi connectivity index (χ2n) is 13.4. The monoisotopic (exact) mass is 764 g/mol. The highest BCUT2D eigenvalue weighted by Crippen LogP contribution is 2.22. The van der Waals surface area contributed by atoms with Gasteiger partial charge in [-0.3, -0.25) is 19.8 Å². The van der Waals surface area contributed by atoms with Gasteiger partial charge in [-0.1, -0.05) is 51.9 Å². The summed E-state index contributed by atoms with van der Waals surface area (Å²) in [5.74, 6) is 0.851. The van der Waals surface area contributed by atoms with E-state index in [1.807, 2.05) is 4.90 Å². The summed E-state index contributed by atoms with van der Waals surface area (Å²) >= 11 is 0. The number of amides is 2. The topological polar surface area (TPSA) is 196 Å². The standard InChI is InChI=1S/C18H29N5O8.C18H31N3O2/c1-20(2)18(24)31-17-10-8-11-19-16(17)13-21(3)15(14-30-23(27)28)9-6-4-5-7-12-29-22(25)26;1-6-7-8-9-11-15(2)21(5)14-16-17(12-10-13-19-16)23-18(22)20(3)4/h8,10-11,15H,4-7,9,12-14H2,1-3H3;10,12-13,15H,6-9,11,14H2,1-5H3. The maximum Gasteiger partial charge on any atom is 0.414 e. The summed E-state index contributed by atoms with van der Waals surface area (Å²) in [5, 5.41) is 19.1. The molecule has 2 atom stereocenters. The van der Waals surface area contributed by atoms with Crippen LogP contribution in [0.2, 0.25) is 0 Å². The van der Waals surface area contributed by atoms with E-state index in [1.165, 1.54) is 41.9 Å². The lowest BCUT2D eigenvalue weighted by atomic mass is 10.1. The van der Waals surface area contributed by atoms with E-state index < -0.39 is 16.3 Å². The Bertz CT molecular complexity index is 1400. The Morgan fingerprint density at radius 1 is 0.704 bits per heavy atom. The van der Waals surface area contributed by atoms with Crippen LogP contribution in [-0.2, 0) is 22.8 Å². The summed E-state index contributed by atoms with van der Waals surface area (Å²) in [6.45, 7) is 5.36. The molecule has 0 aliphatic carbocycles. The van der Waals surface area contributed by atoms with Gasteiger partial charge in [0.2, 0.25) is 0 Å². The number of unbranched alkanes of at least 4 members (excludes halogenated alkanes) is 6. The lowest BCUT2D eigenvalue weighted by Crippen LogP contribution is -2.36. The van der Waals surface area contributed by atoms with E-state index in [4.69, 9.17) is 9.47 Å². The van der Waals surface area contributed by atoms with Crippen molar-refractivity contribution in [1.29, 1.82) is 0 Å². The highest BCUT2D eigenvalue weighted by molar-refractivity contribution is 5.70. The molecule has 18 nitrogen and oxygen atoms in total. The summed E-state index contributed by atoms with van der Waals surface area (Å²) in [7, 11) is 10.4. The van der Waals surface area contributed by atoms with E-state index >= 15 is 0 Å². The van der Waals surface area contributed by atoms with E-state index in [0.29, 0.717) is 49.2 Å². The van der Waals surface area contributed by atoms with Crippen LogP contribution in [0.3, 0.4) is 0 Å². The Morgan fingerprint density at radius 3 is 1.69 bits per heavy atom.